The largest absolute Gasteiger partial charge is 0.496 e. The number of aromatic nitrogens is 1. The molecule has 0 saturated carbocycles. The van der Waals surface area contributed by atoms with Gasteiger partial charge in [0, 0.05) is 25.0 Å². The van der Waals surface area contributed by atoms with Gasteiger partial charge in [-0.05, 0) is 36.6 Å². The summed E-state index contributed by atoms with van der Waals surface area (Å²) in [5.41, 5.74) is 2.44. The Balaban J connectivity index is 1.89. The highest BCUT2D eigenvalue weighted by Crippen LogP contribution is 2.18. The molecule has 0 saturated heterocycles. The molecular weight excluding hydrogens is 236 g/mol. The maximum Gasteiger partial charge on any atom is 0.122 e. The van der Waals surface area contributed by atoms with Crippen molar-refractivity contribution in [3.63, 3.8) is 0 Å². The number of pyridine rings is 1. The van der Waals surface area contributed by atoms with Crippen molar-refractivity contribution >= 4 is 0 Å². The van der Waals surface area contributed by atoms with E-state index in [1.54, 1.807) is 13.3 Å². The van der Waals surface area contributed by atoms with E-state index in [0.29, 0.717) is 6.04 Å². The lowest BCUT2D eigenvalue weighted by Crippen LogP contribution is -2.27. The molecule has 1 unspecified atom stereocenters. The molecule has 0 aliphatic carbocycles. The van der Waals surface area contributed by atoms with Gasteiger partial charge >= 0.3 is 0 Å². The Hall–Kier alpha value is -1.87. The zero-order chi connectivity index (χ0) is 13.5. The molecule has 3 nitrogen and oxygen atoms in total. The Kier molecular flexibility index (Phi) is 4.93. The third kappa shape index (κ3) is 4.07. The molecule has 0 fully saturated rings. The van der Waals surface area contributed by atoms with Crippen LogP contribution in [0.3, 0.4) is 0 Å². The lowest BCUT2D eigenvalue weighted by Gasteiger charge is -2.15. The van der Waals surface area contributed by atoms with Crippen molar-refractivity contribution in [3.8, 4) is 5.75 Å². The van der Waals surface area contributed by atoms with Crippen molar-refractivity contribution < 1.29 is 4.74 Å². The zero-order valence-electron chi connectivity index (χ0n) is 11.5. The maximum atomic E-state index is 5.37. The van der Waals surface area contributed by atoms with Gasteiger partial charge in [0.05, 0.1) is 7.11 Å². The van der Waals surface area contributed by atoms with Crippen LogP contribution >= 0.6 is 0 Å². The molecule has 1 aromatic heterocycles. The first-order valence-corrected chi connectivity index (χ1v) is 6.54. The minimum absolute atomic E-state index is 0.386. The van der Waals surface area contributed by atoms with E-state index in [-0.39, 0.29) is 0 Å². The fourth-order valence-corrected chi connectivity index (χ4v) is 2.07. The Morgan fingerprint density at radius 1 is 1.21 bits per heavy atom. The number of methoxy groups -OCH3 is 1. The SMILES string of the molecule is COc1ccccc1CC(C)NCc1cccnc1. The molecule has 1 atom stereocenters. The fraction of sp³-hybridized carbons (Fsp3) is 0.312. The first kappa shape index (κ1) is 13.6. The van der Waals surface area contributed by atoms with Crippen LogP contribution in [-0.2, 0) is 13.0 Å². The highest BCUT2D eigenvalue weighted by Gasteiger charge is 2.07. The molecule has 2 aromatic rings. The van der Waals surface area contributed by atoms with Crippen LogP contribution in [0.2, 0.25) is 0 Å². The van der Waals surface area contributed by atoms with Gasteiger partial charge in [-0.25, -0.2) is 0 Å². The molecular formula is C16H20N2O. The van der Waals surface area contributed by atoms with Crippen LogP contribution < -0.4 is 10.1 Å². The molecule has 3 heteroatoms. The van der Waals surface area contributed by atoms with Gasteiger partial charge in [0.1, 0.15) is 5.75 Å². The second-order valence-electron chi connectivity index (χ2n) is 4.66. The normalized spacial score (nSPS) is 12.1. The van der Waals surface area contributed by atoms with Crippen molar-refractivity contribution in [2.75, 3.05) is 7.11 Å². The molecule has 0 spiro atoms. The van der Waals surface area contributed by atoms with Crippen molar-refractivity contribution in [2.45, 2.75) is 25.9 Å². The van der Waals surface area contributed by atoms with E-state index >= 15 is 0 Å². The van der Waals surface area contributed by atoms with Gasteiger partial charge < -0.3 is 10.1 Å². The van der Waals surface area contributed by atoms with Crippen LogP contribution in [0.25, 0.3) is 0 Å². The number of nitrogens with one attached hydrogen (secondary N) is 1. The number of hydrogen-bond acceptors (Lipinski definition) is 3. The van der Waals surface area contributed by atoms with E-state index in [1.165, 1.54) is 11.1 Å². The van der Waals surface area contributed by atoms with Gasteiger partial charge in [0.2, 0.25) is 0 Å². The van der Waals surface area contributed by atoms with Crippen LogP contribution in [0.1, 0.15) is 18.1 Å². The van der Waals surface area contributed by atoms with Gasteiger partial charge in [-0.3, -0.25) is 4.98 Å². The van der Waals surface area contributed by atoms with Crippen LogP contribution in [0.15, 0.2) is 48.8 Å². The van der Waals surface area contributed by atoms with Gasteiger partial charge in [-0.2, -0.15) is 0 Å². The van der Waals surface area contributed by atoms with Crippen LogP contribution in [0.4, 0.5) is 0 Å². The first-order chi connectivity index (χ1) is 9.29. The molecule has 0 aliphatic heterocycles. The van der Waals surface area contributed by atoms with E-state index in [2.05, 4.69) is 29.4 Å². The number of benzene rings is 1. The van der Waals surface area contributed by atoms with Crippen molar-refractivity contribution in [1.82, 2.24) is 10.3 Å². The van der Waals surface area contributed by atoms with Gasteiger partial charge in [-0.15, -0.1) is 0 Å². The van der Waals surface area contributed by atoms with Gasteiger partial charge in [0.25, 0.3) is 0 Å². The lowest BCUT2D eigenvalue weighted by molar-refractivity contribution is 0.406. The van der Waals surface area contributed by atoms with Gasteiger partial charge in [0.15, 0.2) is 0 Å². The number of para-hydroxylation sites is 1. The fourth-order valence-electron chi connectivity index (χ4n) is 2.07. The Labute approximate surface area is 114 Å². The van der Waals surface area contributed by atoms with Gasteiger partial charge in [-0.1, -0.05) is 24.3 Å². The van der Waals surface area contributed by atoms with Crippen molar-refractivity contribution in [3.05, 3.63) is 59.9 Å². The second-order valence-corrected chi connectivity index (χ2v) is 4.66. The Bertz CT molecular complexity index is 499. The zero-order valence-corrected chi connectivity index (χ0v) is 11.5. The third-order valence-corrected chi connectivity index (χ3v) is 3.10. The molecule has 0 radical (unpaired) electrons. The number of ether oxygens (including phenoxy) is 1. The standard InChI is InChI=1S/C16H20N2O/c1-13(18-12-14-6-5-9-17-11-14)10-15-7-3-4-8-16(15)19-2/h3-9,11,13,18H,10,12H2,1-2H3. The second kappa shape index (κ2) is 6.90. The quantitative estimate of drug-likeness (QED) is 0.863. The minimum Gasteiger partial charge on any atom is -0.496 e. The summed E-state index contributed by atoms with van der Waals surface area (Å²) in [6.07, 6.45) is 4.63. The number of hydrogen-bond donors (Lipinski definition) is 1. The molecule has 19 heavy (non-hydrogen) atoms. The van der Waals surface area contributed by atoms with Crippen molar-refractivity contribution in [2.24, 2.45) is 0 Å². The summed E-state index contributed by atoms with van der Waals surface area (Å²) in [5.74, 6) is 0.956. The topological polar surface area (TPSA) is 34.1 Å². The molecule has 0 aliphatic rings. The highest BCUT2D eigenvalue weighted by molar-refractivity contribution is 5.33. The smallest absolute Gasteiger partial charge is 0.122 e. The van der Waals surface area contributed by atoms with E-state index in [4.69, 9.17) is 4.74 Å². The molecule has 0 bridgehead atoms. The van der Waals surface area contributed by atoms with E-state index < -0.39 is 0 Å². The van der Waals surface area contributed by atoms with E-state index in [1.807, 2.05) is 30.5 Å². The number of nitrogens with zero attached hydrogens (tertiary/aromatic N) is 1. The maximum absolute atomic E-state index is 5.37. The summed E-state index contributed by atoms with van der Waals surface area (Å²) in [5, 5.41) is 3.50. The molecule has 1 aromatic carbocycles. The predicted octanol–water partition coefficient (Wildman–Crippen LogP) is 2.81. The lowest BCUT2D eigenvalue weighted by atomic mass is 10.1. The first-order valence-electron chi connectivity index (χ1n) is 6.54. The summed E-state index contributed by atoms with van der Waals surface area (Å²) < 4.78 is 5.37. The predicted molar refractivity (Wildman–Crippen MR) is 77.2 cm³/mol. The van der Waals surface area contributed by atoms with Crippen molar-refractivity contribution in [1.29, 1.82) is 0 Å². The Morgan fingerprint density at radius 2 is 2.05 bits per heavy atom. The van der Waals surface area contributed by atoms with Crippen LogP contribution in [-0.4, -0.2) is 18.1 Å². The molecule has 1 heterocycles. The average Bonchev–Trinajstić information content (AvgIpc) is 2.47. The Morgan fingerprint density at radius 3 is 2.79 bits per heavy atom. The average molecular weight is 256 g/mol. The van der Waals surface area contributed by atoms with E-state index in [9.17, 15) is 0 Å². The summed E-state index contributed by atoms with van der Waals surface area (Å²) in [7, 11) is 1.71. The summed E-state index contributed by atoms with van der Waals surface area (Å²) in [6, 6.07) is 12.6. The van der Waals surface area contributed by atoms with Crippen LogP contribution in [0.5, 0.6) is 5.75 Å². The highest BCUT2D eigenvalue weighted by atomic mass is 16.5. The molecule has 100 valence electrons. The summed E-state index contributed by atoms with van der Waals surface area (Å²) >= 11 is 0. The molecule has 0 amide bonds. The van der Waals surface area contributed by atoms with E-state index in [0.717, 1.165) is 18.7 Å². The monoisotopic (exact) mass is 256 g/mol. The minimum atomic E-state index is 0.386. The summed E-state index contributed by atoms with van der Waals surface area (Å²) in [4.78, 5) is 4.11. The molecule has 1 N–H and O–H groups in total. The number of rotatable bonds is 6. The van der Waals surface area contributed by atoms with Crippen LogP contribution in [0, 0.1) is 0 Å². The molecule has 2 rings (SSSR count). The third-order valence-electron chi connectivity index (χ3n) is 3.10. The summed E-state index contributed by atoms with van der Waals surface area (Å²) in [6.45, 7) is 3.02.